The maximum Gasteiger partial charge on any atom is 0.249 e. The number of rotatable bonds is 1. The second-order valence-corrected chi connectivity index (χ2v) is 20.4. The molecule has 0 atom stereocenters. The fourth-order valence-electron chi connectivity index (χ4n) is 9.98. The van der Waals surface area contributed by atoms with E-state index < -0.39 is 0 Å². The Kier molecular flexibility index (Phi) is 6.37. The molecule has 10 aromatic rings. The number of fused-ring (bicyclic) bond motifs is 16. The van der Waals surface area contributed by atoms with Gasteiger partial charge in [0.1, 0.15) is 0 Å². The lowest BCUT2D eigenvalue weighted by molar-refractivity contribution is 1.28. The molecule has 4 aliphatic heterocycles. The van der Waals surface area contributed by atoms with Gasteiger partial charge in [0.25, 0.3) is 0 Å². The van der Waals surface area contributed by atoms with Crippen LogP contribution in [0.4, 0.5) is 17.1 Å². The molecule has 8 heteroatoms. The Morgan fingerprint density at radius 1 is 0.375 bits per heavy atom. The van der Waals surface area contributed by atoms with Crippen LogP contribution in [0.3, 0.4) is 0 Å². The Morgan fingerprint density at radius 2 is 0.964 bits per heavy atom. The van der Waals surface area contributed by atoms with Crippen LogP contribution in [0.5, 0.6) is 0 Å². The largest absolute Gasteiger partial charge is 0.311 e. The van der Waals surface area contributed by atoms with Gasteiger partial charge < -0.3 is 4.90 Å². The lowest BCUT2D eigenvalue weighted by atomic mass is 9.32. The Labute approximate surface area is 344 Å². The average molecular weight is 798 g/mol. The molecule has 0 saturated carbocycles. The summed E-state index contributed by atoms with van der Waals surface area (Å²) in [6.07, 6.45) is 0. The summed E-state index contributed by atoms with van der Waals surface area (Å²) >= 11 is 9.85. The summed E-state index contributed by atoms with van der Waals surface area (Å²) in [6.45, 7) is 0.291. The van der Waals surface area contributed by atoms with Gasteiger partial charge in [-0.15, -0.1) is 22.7 Å². The Morgan fingerprint density at radius 3 is 1.75 bits per heavy atom. The molecular weight excluding hydrogens is 772 g/mol. The van der Waals surface area contributed by atoms with E-state index in [2.05, 4.69) is 157 Å². The number of anilines is 3. The van der Waals surface area contributed by atoms with Crippen molar-refractivity contribution in [3.63, 3.8) is 0 Å². The smallest absolute Gasteiger partial charge is 0.249 e. The van der Waals surface area contributed by atoms with Crippen molar-refractivity contribution in [3.8, 4) is 0 Å². The molecule has 0 N–H and O–H groups in total. The van der Waals surface area contributed by atoms with Gasteiger partial charge >= 0.3 is 0 Å². The van der Waals surface area contributed by atoms with Gasteiger partial charge in [-0.1, -0.05) is 149 Å². The molecule has 0 radical (unpaired) electrons. The van der Waals surface area contributed by atoms with Crippen molar-refractivity contribution in [3.05, 3.63) is 152 Å². The van der Waals surface area contributed by atoms with Crippen molar-refractivity contribution >= 4 is 162 Å². The molecule has 0 amide bonds. The van der Waals surface area contributed by atoms with Crippen LogP contribution in [-0.4, -0.2) is 13.4 Å². The number of nitrogens with zero attached hydrogens (tertiary/aromatic N) is 1. The maximum atomic E-state index is 2.65. The first-order chi connectivity index (χ1) is 27.8. The maximum absolute atomic E-state index is 2.65. The van der Waals surface area contributed by atoms with E-state index in [1.165, 1.54) is 120 Å². The first kappa shape index (κ1) is 31.3. The number of para-hydroxylation sites is 2. The van der Waals surface area contributed by atoms with Gasteiger partial charge in [-0.2, -0.15) is 0 Å². The molecule has 2 aromatic heterocycles. The lowest BCUT2D eigenvalue weighted by Gasteiger charge is -2.41. The Hall–Kier alpha value is -4.82. The molecule has 14 rings (SSSR count). The van der Waals surface area contributed by atoms with Crippen molar-refractivity contribution in [2.24, 2.45) is 0 Å². The van der Waals surface area contributed by atoms with E-state index in [4.69, 9.17) is 0 Å². The van der Waals surface area contributed by atoms with Crippen LogP contribution in [0.2, 0.25) is 0 Å². The molecule has 56 heavy (non-hydrogen) atoms. The van der Waals surface area contributed by atoms with Gasteiger partial charge in [-0.3, -0.25) is 0 Å². The van der Waals surface area contributed by atoms with Gasteiger partial charge in [0.05, 0.1) is 0 Å². The fraction of sp³-hybridized carbons (Fsp3) is 0. The third-order valence-corrected chi connectivity index (χ3v) is 18.0. The third kappa shape index (κ3) is 4.08. The van der Waals surface area contributed by atoms with Crippen LogP contribution >= 0.6 is 58.0 Å². The summed E-state index contributed by atoms with van der Waals surface area (Å²) in [7, 11) is 0. The zero-order valence-electron chi connectivity index (χ0n) is 29.6. The SMILES string of the molecule is c1ccc(N2c3ccccc3B3c4cc5c(cc4Sc4c3c2cc2sc3ccccc3c42)Sc2cc3sc4ccccc4c3c3c2B5c2ccccc2S3)cc1. The van der Waals surface area contributed by atoms with Crippen LogP contribution in [0, 0.1) is 0 Å². The number of thiophene rings is 2. The van der Waals surface area contributed by atoms with Gasteiger partial charge in [0.15, 0.2) is 0 Å². The van der Waals surface area contributed by atoms with Crippen LogP contribution < -0.4 is 37.7 Å². The summed E-state index contributed by atoms with van der Waals surface area (Å²) in [4.78, 5) is 11.0. The minimum absolute atomic E-state index is 0.114. The van der Waals surface area contributed by atoms with Crippen LogP contribution in [0.25, 0.3) is 40.3 Å². The second-order valence-electron chi connectivity index (χ2n) is 15.1. The highest BCUT2D eigenvalue weighted by molar-refractivity contribution is 8.02. The second kappa shape index (κ2) is 11.4. The van der Waals surface area contributed by atoms with Crippen molar-refractivity contribution in [1.82, 2.24) is 0 Å². The van der Waals surface area contributed by atoms with Crippen molar-refractivity contribution in [1.29, 1.82) is 0 Å². The van der Waals surface area contributed by atoms with E-state index in [0.717, 1.165) is 0 Å². The van der Waals surface area contributed by atoms with Crippen LogP contribution in [0.1, 0.15) is 0 Å². The zero-order valence-corrected chi connectivity index (χ0v) is 33.7. The summed E-state index contributed by atoms with van der Waals surface area (Å²) < 4.78 is 5.46. The summed E-state index contributed by atoms with van der Waals surface area (Å²) in [6, 6.07) is 57.6. The molecule has 4 aliphatic rings. The van der Waals surface area contributed by atoms with Crippen molar-refractivity contribution < 1.29 is 0 Å². The van der Waals surface area contributed by atoms with Gasteiger partial charge in [0, 0.05) is 86.8 Å². The summed E-state index contributed by atoms with van der Waals surface area (Å²) in [5.41, 5.74) is 12.4. The van der Waals surface area contributed by atoms with E-state index >= 15 is 0 Å². The molecule has 258 valence electrons. The average Bonchev–Trinajstić information content (AvgIpc) is 3.81. The van der Waals surface area contributed by atoms with E-state index in [9.17, 15) is 0 Å². The molecule has 1 nitrogen and oxygen atoms in total. The van der Waals surface area contributed by atoms with Crippen LogP contribution in [-0.2, 0) is 0 Å². The molecule has 0 fully saturated rings. The lowest BCUT2D eigenvalue weighted by Crippen LogP contribution is -2.63. The molecule has 0 aliphatic carbocycles. The molecule has 0 unspecified atom stereocenters. The van der Waals surface area contributed by atoms with E-state index in [1.54, 1.807) is 0 Å². The normalized spacial score (nSPS) is 14.5. The van der Waals surface area contributed by atoms with Gasteiger partial charge in [0.2, 0.25) is 13.4 Å². The van der Waals surface area contributed by atoms with E-state index in [1.807, 2.05) is 58.0 Å². The van der Waals surface area contributed by atoms with Crippen molar-refractivity contribution in [2.45, 2.75) is 29.4 Å². The summed E-state index contributed by atoms with van der Waals surface area (Å²) in [5, 5.41) is 5.58. The minimum atomic E-state index is 0.114. The first-order valence-electron chi connectivity index (χ1n) is 19.0. The monoisotopic (exact) mass is 797 g/mol. The zero-order chi connectivity index (χ0) is 36.2. The number of hydrogen-bond donors (Lipinski definition) is 0. The first-order valence-corrected chi connectivity index (χ1v) is 23.1. The molecule has 0 saturated heterocycles. The molecule has 6 heterocycles. The minimum Gasteiger partial charge on any atom is -0.311 e. The number of hydrogen-bond acceptors (Lipinski definition) is 6. The molecule has 0 bridgehead atoms. The topological polar surface area (TPSA) is 3.24 Å². The van der Waals surface area contributed by atoms with Crippen molar-refractivity contribution in [2.75, 3.05) is 4.90 Å². The highest BCUT2D eigenvalue weighted by Crippen LogP contribution is 2.51. The predicted molar refractivity (Wildman–Crippen MR) is 248 cm³/mol. The highest BCUT2D eigenvalue weighted by atomic mass is 32.2. The van der Waals surface area contributed by atoms with Crippen LogP contribution in [0.15, 0.2) is 181 Å². The number of benzene rings is 8. The van der Waals surface area contributed by atoms with Gasteiger partial charge in [-0.25, -0.2) is 0 Å². The van der Waals surface area contributed by atoms with Gasteiger partial charge in [-0.05, 0) is 71.0 Å². The quantitative estimate of drug-likeness (QED) is 0.152. The van der Waals surface area contributed by atoms with E-state index in [0.29, 0.717) is 0 Å². The molecule has 8 aromatic carbocycles. The van der Waals surface area contributed by atoms with E-state index in [-0.39, 0.29) is 13.4 Å². The highest BCUT2D eigenvalue weighted by Gasteiger charge is 2.45. The molecule has 0 spiro atoms. The third-order valence-electron chi connectivity index (χ3n) is 12.2. The predicted octanol–water partition coefficient (Wildman–Crippen LogP) is 10.6. The summed E-state index contributed by atoms with van der Waals surface area (Å²) in [5.74, 6) is 0. The fourth-order valence-corrected chi connectivity index (χ4v) is 16.5. The standard InChI is InChI=1S/C48H25B2NS5/c1-2-12-26(13-3-1)51-33-18-8-6-16-29(33)49-32-22-31-38(24-39(32)56-47-43-27-14-4-9-19-35(27)52-40(43)23-34(51)45(47)49)54-42-25-41-44(28-15-5-10-20-36(28)53-41)48-46(42)50(31)30-17-7-11-21-37(30)55-48/h1-25H. The Bertz CT molecular complexity index is 3390. The molecular formula is C48H25B2NS5. The Balaban J connectivity index is 1.07.